The van der Waals surface area contributed by atoms with E-state index in [2.05, 4.69) is 15.0 Å². The first-order chi connectivity index (χ1) is 19.1. The maximum Gasteiger partial charge on any atom is 0.509 e. The summed E-state index contributed by atoms with van der Waals surface area (Å²) in [4.78, 5) is 24.7. The van der Waals surface area contributed by atoms with Crippen LogP contribution in [0.25, 0.3) is 11.2 Å². The topological polar surface area (TPSA) is 168 Å². The number of aromatic nitrogens is 4. The first-order valence-electron chi connectivity index (χ1n) is 12.3. The number of benzene rings is 1. The molecule has 1 aromatic carbocycles. The zero-order valence-electron chi connectivity index (χ0n) is 21.2. The Morgan fingerprint density at radius 1 is 1.30 bits per heavy atom. The normalized spacial score (nSPS) is 31.6. The highest BCUT2D eigenvalue weighted by Crippen LogP contribution is 2.58. The van der Waals surface area contributed by atoms with Crippen molar-refractivity contribution in [1.82, 2.24) is 19.5 Å². The van der Waals surface area contributed by atoms with Crippen LogP contribution in [-0.2, 0) is 32.3 Å². The van der Waals surface area contributed by atoms with E-state index in [1.807, 2.05) is 0 Å². The highest BCUT2D eigenvalue weighted by Gasteiger charge is 2.64. The van der Waals surface area contributed by atoms with Gasteiger partial charge in [-0.05, 0) is 19.9 Å². The standard InChI is InChI=1S/C23H24F2N5O9P/c1-3-33-19-16-18(28-21(26)29-19)27-10-30(16)20-23(2)17(37-22(31)38-23)14(36-20)9-35-40(32)34-8-7-13(39-40)11-5-4-6-12(24)15(11)25/h4-6,10,13-14,17,20H,3,7-9H2,1-2H3,(H2,26,28,29)/t13-,14-,17-,20-,23-,40+/m1/s1. The van der Waals surface area contributed by atoms with Gasteiger partial charge in [0, 0.05) is 12.0 Å². The first kappa shape index (κ1) is 26.8. The van der Waals surface area contributed by atoms with Crippen molar-refractivity contribution in [1.29, 1.82) is 0 Å². The number of hydrogen-bond donors (Lipinski definition) is 1. The molecule has 0 unspecified atom stereocenters. The van der Waals surface area contributed by atoms with E-state index in [-0.39, 0.29) is 42.7 Å². The molecule has 5 heterocycles. The van der Waals surface area contributed by atoms with E-state index >= 15 is 0 Å². The fraction of sp³-hybridized carbons (Fsp3) is 0.478. The molecular weight excluding hydrogens is 559 g/mol. The molecule has 214 valence electrons. The Balaban J connectivity index is 1.25. The number of carbonyl (C=O) groups excluding carboxylic acids is 1. The van der Waals surface area contributed by atoms with Crippen LogP contribution < -0.4 is 10.5 Å². The Morgan fingerprint density at radius 3 is 2.92 bits per heavy atom. The quantitative estimate of drug-likeness (QED) is 0.317. The van der Waals surface area contributed by atoms with Gasteiger partial charge in [-0.1, -0.05) is 12.1 Å². The number of anilines is 1. The number of carbonyl (C=O) groups is 1. The van der Waals surface area contributed by atoms with Crippen molar-refractivity contribution in [3.8, 4) is 5.88 Å². The molecule has 3 aliphatic rings. The van der Waals surface area contributed by atoms with Crippen LogP contribution >= 0.6 is 7.82 Å². The molecule has 2 N–H and O–H groups in total. The predicted octanol–water partition coefficient (Wildman–Crippen LogP) is 3.58. The number of halogens is 2. The molecule has 2 aromatic heterocycles. The van der Waals surface area contributed by atoms with E-state index in [1.165, 1.54) is 23.0 Å². The molecule has 3 fully saturated rings. The SMILES string of the molecule is CCOc1nc(N)nc2ncn([C@@H]3O[C@H](CO[P@]4(=O)OCC[C@H](c5cccc(F)c5F)O4)[C@H]4OC(=O)O[C@]43C)c12. The summed E-state index contributed by atoms with van der Waals surface area (Å²) in [6, 6.07) is 3.61. The molecule has 0 radical (unpaired) electrons. The van der Waals surface area contributed by atoms with Crippen LogP contribution in [0.1, 0.15) is 38.2 Å². The molecule has 3 aliphatic heterocycles. The van der Waals surface area contributed by atoms with E-state index in [1.54, 1.807) is 13.8 Å². The monoisotopic (exact) mass is 583 g/mol. The number of fused-ring (bicyclic) bond motifs is 2. The molecule has 0 saturated carbocycles. The average Bonchev–Trinajstić information content (AvgIpc) is 3.53. The molecule has 0 amide bonds. The number of phosphoric acid groups is 1. The zero-order chi connectivity index (χ0) is 28.2. The van der Waals surface area contributed by atoms with Crippen molar-refractivity contribution in [2.75, 3.05) is 25.6 Å². The molecular formula is C23H24F2N5O9P. The van der Waals surface area contributed by atoms with E-state index in [0.717, 1.165) is 6.07 Å². The van der Waals surface area contributed by atoms with Crippen molar-refractivity contribution in [3.05, 3.63) is 41.7 Å². The molecule has 17 heteroatoms. The lowest BCUT2D eigenvalue weighted by Crippen LogP contribution is -2.42. The number of rotatable bonds is 7. The molecule has 6 rings (SSSR count). The number of ether oxygens (including phenoxy) is 4. The molecule has 14 nitrogen and oxygen atoms in total. The Morgan fingerprint density at radius 2 is 2.12 bits per heavy atom. The third kappa shape index (κ3) is 4.45. The summed E-state index contributed by atoms with van der Waals surface area (Å²) in [5, 5.41) is 0. The third-order valence-electron chi connectivity index (χ3n) is 6.78. The van der Waals surface area contributed by atoms with Crippen LogP contribution in [0.5, 0.6) is 5.88 Å². The minimum Gasteiger partial charge on any atom is -0.476 e. The van der Waals surface area contributed by atoms with Gasteiger partial charge in [-0.3, -0.25) is 18.1 Å². The van der Waals surface area contributed by atoms with E-state index in [9.17, 15) is 18.1 Å². The van der Waals surface area contributed by atoms with Crippen LogP contribution in [0.4, 0.5) is 19.5 Å². The van der Waals surface area contributed by atoms with Gasteiger partial charge in [0.15, 0.2) is 40.7 Å². The first-order valence-corrected chi connectivity index (χ1v) is 13.8. The molecule has 3 saturated heterocycles. The summed E-state index contributed by atoms with van der Waals surface area (Å²) in [6.45, 7) is 3.09. The van der Waals surface area contributed by atoms with Crippen LogP contribution in [0.15, 0.2) is 24.5 Å². The predicted molar refractivity (Wildman–Crippen MR) is 129 cm³/mol. The van der Waals surface area contributed by atoms with Gasteiger partial charge < -0.3 is 24.7 Å². The molecule has 0 aliphatic carbocycles. The van der Waals surface area contributed by atoms with Gasteiger partial charge in [-0.2, -0.15) is 9.97 Å². The van der Waals surface area contributed by atoms with Crippen molar-refractivity contribution >= 4 is 31.1 Å². The molecule has 0 bridgehead atoms. The third-order valence-corrected chi connectivity index (χ3v) is 8.26. The smallest absolute Gasteiger partial charge is 0.476 e. The highest BCUT2D eigenvalue weighted by atomic mass is 31.2. The van der Waals surface area contributed by atoms with Crippen LogP contribution in [0, 0.1) is 11.6 Å². The van der Waals surface area contributed by atoms with E-state index in [0.29, 0.717) is 5.52 Å². The summed E-state index contributed by atoms with van der Waals surface area (Å²) in [7, 11) is -4.26. The maximum atomic E-state index is 14.3. The molecule has 0 spiro atoms. The van der Waals surface area contributed by atoms with Gasteiger partial charge in [0.1, 0.15) is 12.4 Å². The number of nitrogen functional groups attached to an aromatic ring is 1. The fourth-order valence-corrected chi connectivity index (χ4v) is 6.41. The van der Waals surface area contributed by atoms with Crippen LogP contribution in [0.2, 0.25) is 0 Å². The average molecular weight is 583 g/mol. The summed E-state index contributed by atoms with van der Waals surface area (Å²) in [5.74, 6) is -2.09. The number of hydrogen-bond acceptors (Lipinski definition) is 13. The summed E-state index contributed by atoms with van der Waals surface area (Å²) in [5.41, 5.74) is 4.82. The van der Waals surface area contributed by atoms with Gasteiger partial charge in [0.2, 0.25) is 11.8 Å². The number of imidazole rings is 1. The maximum absolute atomic E-state index is 14.3. The highest BCUT2D eigenvalue weighted by molar-refractivity contribution is 7.48. The lowest BCUT2D eigenvalue weighted by atomic mass is 9.96. The van der Waals surface area contributed by atoms with Crippen LogP contribution in [-0.4, -0.2) is 63.3 Å². The van der Waals surface area contributed by atoms with Crippen molar-refractivity contribution in [2.24, 2.45) is 0 Å². The minimum atomic E-state index is -4.26. The number of nitrogens with zero attached hydrogens (tertiary/aromatic N) is 4. The Bertz CT molecular complexity index is 1530. The van der Waals surface area contributed by atoms with Crippen LogP contribution in [0.3, 0.4) is 0 Å². The van der Waals surface area contributed by atoms with Gasteiger partial charge in [-0.25, -0.2) is 23.1 Å². The van der Waals surface area contributed by atoms with Gasteiger partial charge in [0.05, 0.1) is 25.9 Å². The second-order valence-corrected chi connectivity index (χ2v) is 11.0. The van der Waals surface area contributed by atoms with Gasteiger partial charge >= 0.3 is 14.0 Å². The summed E-state index contributed by atoms with van der Waals surface area (Å²) < 4.78 is 81.9. The lowest BCUT2D eigenvalue weighted by molar-refractivity contribution is -0.0925. The van der Waals surface area contributed by atoms with E-state index in [4.69, 9.17) is 38.3 Å². The van der Waals surface area contributed by atoms with Crippen molar-refractivity contribution < 1.29 is 50.7 Å². The van der Waals surface area contributed by atoms with Crippen molar-refractivity contribution in [2.45, 2.75) is 50.4 Å². The fourth-order valence-electron chi connectivity index (χ4n) is 5.03. The zero-order valence-corrected chi connectivity index (χ0v) is 22.1. The lowest BCUT2D eigenvalue weighted by Gasteiger charge is -2.30. The second-order valence-electron chi connectivity index (χ2n) is 9.35. The number of nitrogens with two attached hydrogens (primary N) is 1. The van der Waals surface area contributed by atoms with E-state index < -0.39 is 62.4 Å². The largest absolute Gasteiger partial charge is 0.509 e. The molecule has 6 atom stereocenters. The Kier molecular flexibility index (Phi) is 6.62. The van der Waals surface area contributed by atoms with Gasteiger partial charge in [0.25, 0.3) is 0 Å². The van der Waals surface area contributed by atoms with Gasteiger partial charge in [-0.15, -0.1) is 0 Å². The molecule has 40 heavy (non-hydrogen) atoms. The summed E-state index contributed by atoms with van der Waals surface area (Å²) >= 11 is 0. The second kappa shape index (κ2) is 9.89. The number of phosphoric ester groups is 1. The summed E-state index contributed by atoms with van der Waals surface area (Å²) in [6.07, 6.45) is -3.57. The molecule has 3 aromatic rings. The minimum absolute atomic E-state index is 0.0480. The van der Waals surface area contributed by atoms with Crippen molar-refractivity contribution in [3.63, 3.8) is 0 Å². The Hall–Kier alpha value is -3.43. The Labute approximate surface area is 225 Å².